The van der Waals surface area contributed by atoms with Gasteiger partial charge in [-0.05, 0) is 12.1 Å². The Morgan fingerprint density at radius 1 is 1.09 bits per heavy atom. The van der Waals surface area contributed by atoms with E-state index in [0.717, 1.165) is 54.3 Å². The molecular formula is C17H19N5O. The zero-order valence-electron chi connectivity index (χ0n) is 12.8. The van der Waals surface area contributed by atoms with Crippen molar-refractivity contribution in [2.45, 2.75) is 6.61 Å². The molecule has 1 saturated heterocycles. The van der Waals surface area contributed by atoms with Crippen molar-refractivity contribution in [1.29, 1.82) is 0 Å². The van der Waals surface area contributed by atoms with Crippen LogP contribution in [0.15, 0.2) is 42.9 Å². The van der Waals surface area contributed by atoms with Crippen LogP contribution in [-0.2, 0) is 6.61 Å². The van der Waals surface area contributed by atoms with Crippen LogP contribution in [0.4, 0.5) is 5.82 Å². The molecule has 3 heterocycles. The number of para-hydroxylation sites is 1. The van der Waals surface area contributed by atoms with Crippen LogP contribution in [0, 0.1) is 0 Å². The van der Waals surface area contributed by atoms with Crippen molar-refractivity contribution in [2.24, 2.45) is 0 Å². The van der Waals surface area contributed by atoms with E-state index in [1.807, 2.05) is 36.5 Å². The van der Waals surface area contributed by atoms with Crippen LogP contribution in [0.5, 0.6) is 5.75 Å². The second-order valence-electron chi connectivity index (χ2n) is 5.57. The van der Waals surface area contributed by atoms with Crippen molar-refractivity contribution >= 4 is 16.9 Å². The van der Waals surface area contributed by atoms with Crippen molar-refractivity contribution in [3.8, 4) is 5.75 Å². The normalized spacial score (nSPS) is 15.0. The predicted molar refractivity (Wildman–Crippen MR) is 89.7 cm³/mol. The molecule has 1 aliphatic rings. The highest BCUT2D eigenvalue weighted by atomic mass is 16.5. The van der Waals surface area contributed by atoms with Crippen molar-refractivity contribution < 1.29 is 4.74 Å². The zero-order chi connectivity index (χ0) is 15.5. The monoisotopic (exact) mass is 309 g/mol. The third kappa shape index (κ3) is 2.85. The van der Waals surface area contributed by atoms with Crippen LogP contribution in [-0.4, -0.2) is 41.1 Å². The second kappa shape index (κ2) is 6.26. The molecule has 3 aromatic rings. The van der Waals surface area contributed by atoms with E-state index >= 15 is 0 Å². The number of fused-ring (bicyclic) bond motifs is 1. The maximum Gasteiger partial charge on any atom is 0.143 e. The van der Waals surface area contributed by atoms with E-state index in [1.54, 1.807) is 6.33 Å². The van der Waals surface area contributed by atoms with Crippen molar-refractivity contribution in [2.75, 3.05) is 31.1 Å². The number of anilines is 1. The molecule has 0 radical (unpaired) electrons. The van der Waals surface area contributed by atoms with E-state index in [0.29, 0.717) is 6.61 Å². The summed E-state index contributed by atoms with van der Waals surface area (Å²) in [5, 5.41) is 4.43. The maximum atomic E-state index is 5.89. The molecule has 0 saturated carbocycles. The quantitative estimate of drug-likeness (QED) is 0.771. The lowest BCUT2D eigenvalue weighted by Crippen LogP contribution is -2.44. The first-order chi connectivity index (χ1) is 11.4. The van der Waals surface area contributed by atoms with Gasteiger partial charge in [-0.25, -0.2) is 9.97 Å². The number of benzene rings is 1. The van der Waals surface area contributed by atoms with Gasteiger partial charge in [-0.15, -0.1) is 0 Å². The fourth-order valence-electron chi connectivity index (χ4n) is 2.92. The van der Waals surface area contributed by atoms with Crippen molar-refractivity contribution in [3.63, 3.8) is 0 Å². The van der Waals surface area contributed by atoms with Gasteiger partial charge < -0.3 is 19.9 Å². The summed E-state index contributed by atoms with van der Waals surface area (Å²) in [6.07, 6.45) is 3.59. The SMILES string of the molecule is c1ccc(OCc2c[nH]c3ncnc(N4CCNCC4)c23)cc1. The van der Waals surface area contributed by atoms with Gasteiger partial charge in [0.1, 0.15) is 30.1 Å². The first kappa shape index (κ1) is 14.0. The Balaban J connectivity index is 1.64. The molecule has 0 unspecified atom stereocenters. The molecule has 1 fully saturated rings. The standard InChI is InChI=1S/C17H19N5O/c1-2-4-14(5-3-1)23-11-13-10-19-16-15(13)17(21-12-20-16)22-8-6-18-7-9-22/h1-5,10,12,18H,6-9,11H2,(H,19,20,21). The van der Waals surface area contributed by atoms with Gasteiger partial charge in [0.2, 0.25) is 0 Å². The van der Waals surface area contributed by atoms with Gasteiger partial charge in [0.05, 0.1) is 5.39 Å². The number of hydrogen-bond acceptors (Lipinski definition) is 5. The number of H-pyrrole nitrogens is 1. The zero-order valence-corrected chi connectivity index (χ0v) is 12.8. The molecule has 2 N–H and O–H groups in total. The van der Waals surface area contributed by atoms with Crippen molar-refractivity contribution in [3.05, 3.63) is 48.4 Å². The lowest BCUT2D eigenvalue weighted by atomic mass is 10.2. The maximum absolute atomic E-state index is 5.89. The molecular weight excluding hydrogens is 290 g/mol. The van der Waals surface area contributed by atoms with Crippen LogP contribution in [0.1, 0.15) is 5.56 Å². The fourth-order valence-corrected chi connectivity index (χ4v) is 2.92. The highest BCUT2D eigenvalue weighted by Gasteiger charge is 2.18. The topological polar surface area (TPSA) is 66.1 Å². The van der Waals surface area contributed by atoms with Crippen LogP contribution in [0.3, 0.4) is 0 Å². The molecule has 6 nitrogen and oxygen atoms in total. The fraction of sp³-hybridized carbons (Fsp3) is 0.294. The number of ether oxygens (including phenoxy) is 1. The molecule has 0 amide bonds. The Morgan fingerprint density at radius 2 is 1.91 bits per heavy atom. The smallest absolute Gasteiger partial charge is 0.143 e. The lowest BCUT2D eigenvalue weighted by Gasteiger charge is -2.28. The molecule has 6 heteroatoms. The molecule has 118 valence electrons. The largest absolute Gasteiger partial charge is 0.489 e. The van der Waals surface area contributed by atoms with Gasteiger partial charge in [-0.1, -0.05) is 18.2 Å². The van der Waals surface area contributed by atoms with E-state index in [-0.39, 0.29) is 0 Å². The van der Waals surface area contributed by atoms with E-state index in [9.17, 15) is 0 Å². The lowest BCUT2D eigenvalue weighted by molar-refractivity contribution is 0.307. The molecule has 0 atom stereocenters. The Kier molecular flexibility index (Phi) is 3.81. The van der Waals surface area contributed by atoms with Gasteiger partial charge in [0.25, 0.3) is 0 Å². The van der Waals surface area contributed by atoms with E-state index in [2.05, 4.69) is 25.2 Å². The molecule has 0 spiro atoms. The summed E-state index contributed by atoms with van der Waals surface area (Å²) in [4.78, 5) is 14.4. The summed E-state index contributed by atoms with van der Waals surface area (Å²) >= 11 is 0. The molecule has 1 aliphatic heterocycles. The molecule has 23 heavy (non-hydrogen) atoms. The average molecular weight is 309 g/mol. The Hall–Kier alpha value is -2.60. The van der Waals surface area contributed by atoms with Gasteiger partial charge in [0, 0.05) is 37.9 Å². The minimum absolute atomic E-state index is 0.497. The van der Waals surface area contributed by atoms with Gasteiger partial charge in [0.15, 0.2) is 0 Å². The number of hydrogen-bond donors (Lipinski definition) is 2. The van der Waals surface area contributed by atoms with Crippen LogP contribution < -0.4 is 15.0 Å². The number of aromatic nitrogens is 3. The molecule has 2 aromatic heterocycles. The molecule has 0 bridgehead atoms. The highest BCUT2D eigenvalue weighted by molar-refractivity contribution is 5.90. The van der Waals surface area contributed by atoms with E-state index in [4.69, 9.17) is 4.74 Å². The van der Waals surface area contributed by atoms with Crippen molar-refractivity contribution in [1.82, 2.24) is 20.3 Å². The third-order valence-electron chi connectivity index (χ3n) is 4.09. The van der Waals surface area contributed by atoms with Gasteiger partial charge in [-0.2, -0.15) is 0 Å². The predicted octanol–water partition coefficient (Wildman–Crippen LogP) is 1.95. The van der Waals surface area contributed by atoms with Crippen LogP contribution in [0.2, 0.25) is 0 Å². The Labute approximate surface area is 134 Å². The number of aromatic amines is 1. The molecule has 0 aliphatic carbocycles. The summed E-state index contributed by atoms with van der Waals surface area (Å²) in [7, 11) is 0. The van der Waals surface area contributed by atoms with Crippen LogP contribution in [0.25, 0.3) is 11.0 Å². The summed E-state index contributed by atoms with van der Waals surface area (Å²) in [5.41, 5.74) is 1.94. The summed E-state index contributed by atoms with van der Waals surface area (Å²) in [6.45, 7) is 4.36. The first-order valence-electron chi connectivity index (χ1n) is 7.86. The second-order valence-corrected chi connectivity index (χ2v) is 5.57. The highest BCUT2D eigenvalue weighted by Crippen LogP contribution is 2.27. The summed E-state index contributed by atoms with van der Waals surface area (Å²) < 4.78 is 5.89. The number of nitrogens with zero attached hydrogens (tertiary/aromatic N) is 3. The van der Waals surface area contributed by atoms with E-state index in [1.165, 1.54) is 0 Å². The minimum atomic E-state index is 0.497. The number of piperazine rings is 1. The van der Waals surface area contributed by atoms with E-state index < -0.39 is 0 Å². The van der Waals surface area contributed by atoms with Gasteiger partial charge in [-0.3, -0.25) is 0 Å². The van der Waals surface area contributed by atoms with Gasteiger partial charge >= 0.3 is 0 Å². The summed E-state index contributed by atoms with van der Waals surface area (Å²) in [6, 6.07) is 9.85. The number of rotatable bonds is 4. The average Bonchev–Trinajstić information content (AvgIpc) is 3.05. The number of nitrogens with one attached hydrogen (secondary N) is 2. The molecule has 1 aromatic carbocycles. The van der Waals surface area contributed by atoms with Crippen LogP contribution >= 0.6 is 0 Å². The minimum Gasteiger partial charge on any atom is -0.489 e. The Morgan fingerprint density at radius 3 is 2.74 bits per heavy atom. The summed E-state index contributed by atoms with van der Waals surface area (Å²) in [5.74, 6) is 1.85. The first-order valence-corrected chi connectivity index (χ1v) is 7.86. The molecule has 4 rings (SSSR count). The Bertz CT molecular complexity index is 780. The third-order valence-corrected chi connectivity index (χ3v) is 4.09.